The Morgan fingerprint density at radius 1 is 1.07 bits per heavy atom. The molecule has 0 unspecified atom stereocenters. The maximum atomic E-state index is 12.5. The van der Waals surface area contributed by atoms with Crippen LogP contribution < -0.4 is 5.32 Å². The van der Waals surface area contributed by atoms with Crippen LogP contribution in [-0.4, -0.2) is 34.2 Å². The minimum absolute atomic E-state index is 0.110. The molecule has 0 aromatic heterocycles. The molecule has 27 heavy (non-hydrogen) atoms. The highest BCUT2D eigenvalue weighted by Crippen LogP contribution is 2.35. The van der Waals surface area contributed by atoms with E-state index < -0.39 is 12.1 Å². The van der Waals surface area contributed by atoms with Crippen molar-refractivity contribution in [2.24, 2.45) is 0 Å². The van der Waals surface area contributed by atoms with Gasteiger partial charge in [0, 0.05) is 16.8 Å². The number of aromatic hydroxyl groups is 2. The van der Waals surface area contributed by atoms with Gasteiger partial charge >= 0.3 is 5.97 Å². The molecule has 0 saturated heterocycles. The normalized spacial score (nSPS) is 16.5. The van der Waals surface area contributed by atoms with E-state index in [9.17, 15) is 19.8 Å². The summed E-state index contributed by atoms with van der Waals surface area (Å²) in [5, 5.41) is 24.2. The molecule has 0 spiro atoms. The van der Waals surface area contributed by atoms with Crippen molar-refractivity contribution >= 4 is 22.6 Å². The first-order valence-corrected chi connectivity index (χ1v) is 9.42. The number of hydrogen-bond donors (Lipinski definition) is 3. The lowest BCUT2D eigenvalue weighted by atomic mass is 10.0. The summed E-state index contributed by atoms with van der Waals surface area (Å²) in [5.74, 6) is -1.60. The van der Waals surface area contributed by atoms with Crippen molar-refractivity contribution in [1.82, 2.24) is 5.32 Å². The molecule has 0 radical (unpaired) electrons. The lowest BCUT2D eigenvalue weighted by Crippen LogP contribution is -2.41. The van der Waals surface area contributed by atoms with Gasteiger partial charge in [0.05, 0.1) is 0 Å². The average Bonchev–Trinajstić information content (AvgIpc) is 2.93. The van der Waals surface area contributed by atoms with Crippen LogP contribution in [0.15, 0.2) is 30.3 Å². The summed E-state index contributed by atoms with van der Waals surface area (Å²) in [6, 6.07) is 7.93. The fourth-order valence-corrected chi connectivity index (χ4v) is 3.52. The van der Waals surface area contributed by atoms with E-state index >= 15 is 0 Å². The molecule has 0 heterocycles. The lowest BCUT2D eigenvalue weighted by molar-refractivity contribution is -0.129. The van der Waals surface area contributed by atoms with Crippen LogP contribution in [0.3, 0.4) is 0 Å². The van der Waals surface area contributed by atoms with E-state index in [0.29, 0.717) is 10.8 Å². The van der Waals surface area contributed by atoms with Crippen molar-refractivity contribution < 1.29 is 24.5 Å². The molecule has 144 valence electrons. The molecule has 6 heteroatoms. The van der Waals surface area contributed by atoms with Gasteiger partial charge in [-0.1, -0.05) is 49.9 Å². The Bertz CT molecular complexity index is 840. The van der Waals surface area contributed by atoms with Crippen LogP contribution in [0.25, 0.3) is 10.8 Å². The summed E-state index contributed by atoms with van der Waals surface area (Å²) < 4.78 is 5.23. The minimum Gasteiger partial charge on any atom is -0.507 e. The van der Waals surface area contributed by atoms with Crippen LogP contribution in [0.5, 0.6) is 11.5 Å². The van der Waals surface area contributed by atoms with Crippen LogP contribution in [0.2, 0.25) is 0 Å². The molecule has 1 saturated carbocycles. The summed E-state index contributed by atoms with van der Waals surface area (Å²) in [6.07, 6.45) is 5.42. The quantitative estimate of drug-likeness (QED) is 0.433. The number of phenols is 2. The standard InChI is InChI=1S/C21H25NO5/c1-13(20(25)22-14-8-4-2-3-5-9-14)27-21(26)17-12-18(23)15-10-6-7-11-16(15)19(17)24/h6-7,10-14,23-24H,2-5,8-9H2,1H3,(H,22,25)/t13-/m0/s1. The van der Waals surface area contributed by atoms with Gasteiger partial charge in [0.1, 0.15) is 17.1 Å². The number of phenolic OH excluding ortho intramolecular Hbond substituents is 2. The van der Waals surface area contributed by atoms with Gasteiger partial charge in [-0.05, 0) is 25.8 Å². The minimum atomic E-state index is -0.992. The van der Waals surface area contributed by atoms with Gasteiger partial charge in [-0.25, -0.2) is 4.79 Å². The number of nitrogens with one attached hydrogen (secondary N) is 1. The van der Waals surface area contributed by atoms with Crippen molar-refractivity contribution in [2.45, 2.75) is 57.6 Å². The number of ether oxygens (including phenoxy) is 1. The van der Waals surface area contributed by atoms with Crippen LogP contribution in [-0.2, 0) is 9.53 Å². The van der Waals surface area contributed by atoms with Gasteiger partial charge in [0.25, 0.3) is 5.91 Å². The number of hydrogen-bond acceptors (Lipinski definition) is 5. The van der Waals surface area contributed by atoms with Crippen LogP contribution in [0.4, 0.5) is 0 Å². The van der Waals surface area contributed by atoms with Gasteiger partial charge < -0.3 is 20.3 Å². The Morgan fingerprint density at radius 2 is 1.70 bits per heavy atom. The lowest BCUT2D eigenvalue weighted by Gasteiger charge is -2.20. The molecule has 2 aromatic carbocycles. The molecule has 3 N–H and O–H groups in total. The third-order valence-electron chi connectivity index (χ3n) is 5.07. The Kier molecular flexibility index (Phi) is 5.84. The predicted octanol–water partition coefficient (Wildman–Crippen LogP) is 3.64. The summed E-state index contributed by atoms with van der Waals surface area (Å²) in [5.41, 5.74) is -0.166. The van der Waals surface area contributed by atoms with Crippen molar-refractivity contribution in [3.8, 4) is 11.5 Å². The van der Waals surface area contributed by atoms with E-state index in [4.69, 9.17) is 4.74 Å². The first-order valence-electron chi connectivity index (χ1n) is 9.42. The fraction of sp³-hybridized carbons (Fsp3) is 0.429. The summed E-state index contributed by atoms with van der Waals surface area (Å²) in [4.78, 5) is 24.8. The van der Waals surface area contributed by atoms with E-state index in [-0.39, 0.29) is 29.0 Å². The molecular weight excluding hydrogens is 346 g/mol. The SMILES string of the molecule is C[C@H](OC(=O)c1cc(O)c2ccccc2c1O)C(=O)NC1CCCCCC1. The highest BCUT2D eigenvalue weighted by molar-refractivity contribution is 6.04. The third kappa shape index (κ3) is 4.32. The first kappa shape index (κ1) is 19.0. The van der Waals surface area contributed by atoms with E-state index in [1.165, 1.54) is 19.8 Å². The third-order valence-corrected chi connectivity index (χ3v) is 5.07. The van der Waals surface area contributed by atoms with Crippen LogP contribution >= 0.6 is 0 Å². The Balaban J connectivity index is 1.70. The highest BCUT2D eigenvalue weighted by Gasteiger charge is 2.25. The molecule has 0 aliphatic heterocycles. The predicted molar refractivity (Wildman–Crippen MR) is 102 cm³/mol. The highest BCUT2D eigenvalue weighted by atomic mass is 16.5. The summed E-state index contributed by atoms with van der Waals surface area (Å²) in [6.45, 7) is 1.50. The van der Waals surface area contributed by atoms with Gasteiger partial charge in [-0.3, -0.25) is 4.79 Å². The summed E-state index contributed by atoms with van der Waals surface area (Å²) in [7, 11) is 0. The molecule has 2 aromatic rings. The Labute approximate surface area is 158 Å². The van der Waals surface area contributed by atoms with Gasteiger partial charge in [-0.15, -0.1) is 0 Å². The van der Waals surface area contributed by atoms with Crippen molar-refractivity contribution in [3.05, 3.63) is 35.9 Å². The number of benzene rings is 2. The zero-order chi connectivity index (χ0) is 19.4. The fourth-order valence-electron chi connectivity index (χ4n) is 3.52. The van der Waals surface area contributed by atoms with Crippen molar-refractivity contribution in [3.63, 3.8) is 0 Å². The van der Waals surface area contributed by atoms with Gasteiger partial charge in [-0.2, -0.15) is 0 Å². The van der Waals surface area contributed by atoms with Crippen LogP contribution in [0, 0.1) is 0 Å². The van der Waals surface area contributed by atoms with E-state index in [0.717, 1.165) is 31.7 Å². The second kappa shape index (κ2) is 8.29. The number of carbonyl (C=O) groups excluding carboxylic acids is 2. The zero-order valence-electron chi connectivity index (χ0n) is 15.4. The first-order chi connectivity index (χ1) is 13.0. The monoisotopic (exact) mass is 371 g/mol. The molecule has 0 bridgehead atoms. The molecule has 6 nitrogen and oxygen atoms in total. The average molecular weight is 371 g/mol. The smallest absolute Gasteiger partial charge is 0.342 e. The zero-order valence-corrected chi connectivity index (χ0v) is 15.4. The number of carbonyl (C=O) groups is 2. The number of amides is 1. The van der Waals surface area contributed by atoms with Crippen molar-refractivity contribution in [2.75, 3.05) is 0 Å². The number of fused-ring (bicyclic) bond motifs is 1. The van der Waals surface area contributed by atoms with Gasteiger partial charge in [0.2, 0.25) is 0 Å². The number of rotatable bonds is 4. The number of esters is 1. The molecular formula is C21H25NO5. The van der Waals surface area contributed by atoms with Gasteiger partial charge in [0.15, 0.2) is 6.10 Å². The second-order valence-electron chi connectivity index (χ2n) is 7.08. The second-order valence-corrected chi connectivity index (χ2v) is 7.08. The molecule has 1 fully saturated rings. The topological polar surface area (TPSA) is 95.9 Å². The largest absolute Gasteiger partial charge is 0.507 e. The van der Waals surface area contributed by atoms with E-state index in [1.807, 2.05) is 0 Å². The maximum absolute atomic E-state index is 12.5. The van der Waals surface area contributed by atoms with E-state index in [1.54, 1.807) is 24.3 Å². The Hall–Kier alpha value is -2.76. The molecule has 1 aliphatic rings. The van der Waals surface area contributed by atoms with E-state index in [2.05, 4.69) is 5.32 Å². The maximum Gasteiger partial charge on any atom is 0.342 e. The Morgan fingerprint density at radius 3 is 2.37 bits per heavy atom. The van der Waals surface area contributed by atoms with Crippen LogP contribution in [0.1, 0.15) is 55.8 Å². The summed E-state index contributed by atoms with van der Waals surface area (Å²) >= 11 is 0. The molecule has 1 atom stereocenters. The molecule has 3 rings (SSSR count). The molecule has 1 aliphatic carbocycles. The van der Waals surface area contributed by atoms with Crippen molar-refractivity contribution in [1.29, 1.82) is 0 Å². The molecule has 1 amide bonds.